The molecule has 0 aliphatic carbocycles. The van der Waals surface area contributed by atoms with E-state index in [2.05, 4.69) is 34.5 Å². The molecule has 3 aromatic heterocycles. The highest BCUT2D eigenvalue weighted by atomic mass is 16.4. The summed E-state index contributed by atoms with van der Waals surface area (Å²) >= 11 is 0. The Labute approximate surface area is 127 Å². The molecule has 3 heterocycles. The molecule has 0 saturated heterocycles. The molecule has 0 radical (unpaired) electrons. The highest BCUT2D eigenvalue weighted by molar-refractivity contribution is 5.81. The standard InChI is InChI=1S/C17H16N4O/c1-3-18-17-20-13-8-12(5-6-15(13)22-17)14-10-21-9-11(2)4-7-16(21)19-14/h4-10H,3H2,1-2H3,(H,18,20). The molecular formula is C17H16N4O. The number of oxazole rings is 1. The fraction of sp³-hybridized carbons (Fsp3) is 0.176. The number of hydrogen-bond donors (Lipinski definition) is 1. The number of nitrogens with zero attached hydrogens (tertiary/aromatic N) is 3. The highest BCUT2D eigenvalue weighted by Gasteiger charge is 2.09. The zero-order valence-corrected chi connectivity index (χ0v) is 12.5. The topological polar surface area (TPSA) is 55.4 Å². The Morgan fingerprint density at radius 3 is 2.91 bits per heavy atom. The van der Waals surface area contributed by atoms with Crippen LogP contribution in [0.3, 0.4) is 0 Å². The van der Waals surface area contributed by atoms with E-state index < -0.39 is 0 Å². The average molecular weight is 292 g/mol. The highest BCUT2D eigenvalue weighted by Crippen LogP contribution is 2.26. The van der Waals surface area contributed by atoms with Gasteiger partial charge in [-0.3, -0.25) is 0 Å². The zero-order chi connectivity index (χ0) is 15.1. The first-order valence-electron chi connectivity index (χ1n) is 7.33. The maximum Gasteiger partial charge on any atom is 0.295 e. The third-order valence-electron chi connectivity index (χ3n) is 3.61. The molecule has 1 aromatic carbocycles. The Kier molecular flexibility index (Phi) is 2.85. The van der Waals surface area contributed by atoms with Gasteiger partial charge in [-0.05, 0) is 43.7 Å². The molecule has 0 aliphatic rings. The van der Waals surface area contributed by atoms with Crippen molar-refractivity contribution in [2.75, 3.05) is 11.9 Å². The van der Waals surface area contributed by atoms with Crippen LogP contribution < -0.4 is 5.32 Å². The third kappa shape index (κ3) is 2.11. The minimum atomic E-state index is 0.556. The number of anilines is 1. The van der Waals surface area contributed by atoms with Crippen LogP contribution in [0.25, 0.3) is 28.0 Å². The van der Waals surface area contributed by atoms with Crippen LogP contribution in [0.2, 0.25) is 0 Å². The lowest BCUT2D eigenvalue weighted by Crippen LogP contribution is -1.95. The second-order valence-corrected chi connectivity index (χ2v) is 5.33. The number of benzene rings is 1. The van der Waals surface area contributed by atoms with Crippen LogP contribution in [0.1, 0.15) is 12.5 Å². The Morgan fingerprint density at radius 1 is 1.14 bits per heavy atom. The van der Waals surface area contributed by atoms with Gasteiger partial charge >= 0.3 is 0 Å². The van der Waals surface area contributed by atoms with Crippen molar-refractivity contribution in [3.8, 4) is 11.3 Å². The monoisotopic (exact) mass is 292 g/mol. The van der Waals surface area contributed by atoms with Crippen molar-refractivity contribution in [1.82, 2.24) is 14.4 Å². The predicted octanol–water partition coefficient (Wildman–Crippen LogP) is 3.88. The summed E-state index contributed by atoms with van der Waals surface area (Å²) in [5, 5.41) is 3.09. The van der Waals surface area contributed by atoms with Gasteiger partial charge in [0.05, 0.1) is 5.69 Å². The largest absolute Gasteiger partial charge is 0.424 e. The first-order chi connectivity index (χ1) is 10.7. The molecule has 110 valence electrons. The summed E-state index contributed by atoms with van der Waals surface area (Å²) in [6.45, 7) is 4.87. The summed E-state index contributed by atoms with van der Waals surface area (Å²) in [6.07, 6.45) is 4.11. The lowest BCUT2D eigenvalue weighted by molar-refractivity contribution is 0.616. The van der Waals surface area contributed by atoms with Crippen molar-refractivity contribution in [2.45, 2.75) is 13.8 Å². The molecule has 0 aliphatic heterocycles. The van der Waals surface area contributed by atoms with E-state index in [1.165, 1.54) is 5.56 Å². The molecule has 0 amide bonds. The summed E-state index contributed by atoms with van der Waals surface area (Å²) in [7, 11) is 0. The van der Waals surface area contributed by atoms with Crippen molar-refractivity contribution >= 4 is 22.8 Å². The summed E-state index contributed by atoms with van der Waals surface area (Å²) < 4.78 is 7.67. The SMILES string of the molecule is CCNc1nc2cc(-c3cn4cc(C)ccc4n3)ccc2o1. The van der Waals surface area contributed by atoms with E-state index in [-0.39, 0.29) is 0 Å². The number of nitrogens with one attached hydrogen (secondary N) is 1. The van der Waals surface area contributed by atoms with Crippen molar-refractivity contribution in [3.05, 3.63) is 48.3 Å². The maximum absolute atomic E-state index is 5.63. The van der Waals surface area contributed by atoms with Gasteiger partial charge in [0.1, 0.15) is 11.2 Å². The molecule has 1 N–H and O–H groups in total. The minimum Gasteiger partial charge on any atom is -0.424 e. The van der Waals surface area contributed by atoms with Gasteiger partial charge in [-0.15, -0.1) is 0 Å². The minimum absolute atomic E-state index is 0.556. The third-order valence-corrected chi connectivity index (χ3v) is 3.61. The number of aryl methyl sites for hydroxylation is 1. The Morgan fingerprint density at radius 2 is 2.05 bits per heavy atom. The molecule has 0 spiro atoms. The number of pyridine rings is 1. The van der Waals surface area contributed by atoms with Crippen LogP contribution in [-0.4, -0.2) is 20.9 Å². The smallest absolute Gasteiger partial charge is 0.295 e. The fourth-order valence-corrected chi connectivity index (χ4v) is 2.56. The van der Waals surface area contributed by atoms with Gasteiger partial charge in [-0.1, -0.05) is 6.07 Å². The molecule has 0 fully saturated rings. The van der Waals surface area contributed by atoms with E-state index in [0.29, 0.717) is 6.01 Å². The second-order valence-electron chi connectivity index (χ2n) is 5.33. The molecule has 4 aromatic rings. The number of aromatic nitrogens is 3. The van der Waals surface area contributed by atoms with Crippen LogP contribution in [0, 0.1) is 6.92 Å². The molecule has 22 heavy (non-hydrogen) atoms. The molecule has 0 unspecified atom stereocenters. The van der Waals surface area contributed by atoms with Crippen molar-refractivity contribution < 1.29 is 4.42 Å². The van der Waals surface area contributed by atoms with E-state index in [1.54, 1.807) is 0 Å². The van der Waals surface area contributed by atoms with Crippen LogP contribution in [-0.2, 0) is 0 Å². The molecule has 0 saturated carbocycles. The zero-order valence-electron chi connectivity index (χ0n) is 12.5. The van der Waals surface area contributed by atoms with Gasteiger partial charge in [-0.25, -0.2) is 4.98 Å². The van der Waals surface area contributed by atoms with E-state index in [4.69, 9.17) is 4.42 Å². The molecule has 4 rings (SSSR count). The first kappa shape index (κ1) is 12.9. The molecular weight excluding hydrogens is 276 g/mol. The maximum atomic E-state index is 5.63. The van der Waals surface area contributed by atoms with E-state index in [9.17, 15) is 0 Å². The van der Waals surface area contributed by atoms with Gasteiger partial charge < -0.3 is 14.1 Å². The Balaban J connectivity index is 1.81. The first-order valence-corrected chi connectivity index (χ1v) is 7.33. The quantitative estimate of drug-likeness (QED) is 0.622. The Bertz CT molecular complexity index is 967. The molecule has 0 atom stereocenters. The predicted molar refractivity (Wildman–Crippen MR) is 87.1 cm³/mol. The van der Waals surface area contributed by atoms with E-state index >= 15 is 0 Å². The van der Waals surface area contributed by atoms with Gasteiger partial charge in [0, 0.05) is 24.5 Å². The van der Waals surface area contributed by atoms with Gasteiger partial charge in [0.25, 0.3) is 6.01 Å². The number of imidazole rings is 1. The molecule has 5 nitrogen and oxygen atoms in total. The van der Waals surface area contributed by atoms with Gasteiger partial charge in [0.2, 0.25) is 0 Å². The Hall–Kier alpha value is -2.82. The van der Waals surface area contributed by atoms with E-state index in [0.717, 1.165) is 34.5 Å². The van der Waals surface area contributed by atoms with Crippen LogP contribution in [0.4, 0.5) is 6.01 Å². The van der Waals surface area contributed by atoms with Crippen molar-refractivity contribution in [2.24, 2.45) is 0 Å². The fourth-order valence-electron chi connectivity index (χ4n) is 2.56. The van der Waals surface area contributed by atoms with Crippen molar-refractivity contribution in [3.63, 3.8) is 0 Å². The summed E-state index contributed by atoms with van der Waals surface area (Å²) in [5.41, 5.74) is 5.72. The van der Waals surface area contributed by atoms with Crippen LogP contribution in [0.15, 0.2) is 47.1 Å². The van der Waals surface area contributed by atoms with Crippen LogP contribution in [0.5, 0.6) is 0 Å². The van der Waals surface area contributed by atoms with Gasteiger partial charge in [-0.2, -0.15) is 4.98 Å². The lowest BCUT2D eigenvalue weighted by atomic mass is 10.1. The average Bonchev–Trinajstić information content (AvgIpc) is 3.09. The number of hydrogen-bond acceptors (Lipinski definition) is 4. The molecule has 0 bridgehead atoms. The normalized spacial score (nSPS) is 11.4. The summed E-state index contributed by atoms with van der Waals surface area (Å²) in [6, 6.07) is 10.6. The molecule has 5 heteroatoms. The number of fused-ring (bicyclic) bond motifs is 2. The second kappa shape index (κ2) is 4.87. The lowest BCUT2D eigenvalue weighted by Gasteiger charge is -1.94. The van der Waals surface area contributed by atoms with Crippen molar-refractivity contribution in [1.29, 1.82) is 0 Å². The van der Waals surface area contributed by atoms with Crippen LogP contribution >= 0.6 is 0 Å². The van der Waals surface area contributed by atoms with Gasteiger partial charge in [0.15, 0.2) is 5.58 Å². The summed E-state index contributed by atoms with van der Waals surface area (Å²) in [5.74, 6) is 0. The number of rotatable bonds is 3. The summed E-state index contributed by atoms with van der Waals surface area (Å²) in [4.78, 5) is 9.11. The van der Waals surface area contributed by atoms with E-state index in [1.807, 2.05) is 41.8 Å².